The number of halogens is 1. The fraction of sp³-hybridized carbons (Fsp3) is 0.259. The van der Waals surface area contributed by atoms with Crippen LogP contribution in [0.15, 0.2) is 72.8 Å². The second-order valence-corrected chi connectivity index (χ2v) is 9.49. The fourth-order valence-electron chi connectivity index (χ4n) is 4.70. The molecule has 0 bridgehead atoms. The summed E-state index contributed by atoms with van der Waals surface area (Å²) in [5.41, 5.74) is 4.51. The number of hydrogen-bond donors (Lipinski definition) is 2. The van der Waals surface area contributed by atoms with E-state index in [4.69, 9.17) is 14.6 Å². The fourth-order valence-corrected chi connectivity index (χ4v) is 5.06. The number of amides is 1. The van der Waals surface area contributed by atoms with Gasteiger partial charge in [0.2, 0.25) is 0 Å². The van der Waals surface area contributed by atoms with E-state index in [0.29, 0.717) is 5.75 Å². The highest BCUT2D eigenvalue weighted by Crippen LogP contribution is 2.44. The molecule has 0 saturated carbocycles. The number of benzene rings is 3. The summed E-state index contributed by atoms with van der Waals surface area (Å²) in [7, 11) is 1.00. The van der Waals surface area contributed by atoms with Gasteiger partial charge in [0.15, 0.2) is 0 Å². The Morgan fingerprint density at radius 3 is 2.09 bits per heavy atom. The highest BCUT2D eigenvalue weighted by Gasteiger charge is 2.42. The van der Waals surface area contributed by atoms with Gasteiger partial charge in [0.25, 0.3) is 0 Å². The van der Waals surface area contributed by atoms with E-state index in [2.05, 4.69) is 46.9 Å². The van der Waals surface area contributed by atoms with E-state index < -0.39 is 24.2 Å². The number of rotatable bonds is 5. The van der Waals surface area contributed by atoms with Gasteiger partial charge in [0.05, 0.1) is 6.54 Å². The summed E-state index contributed by atoms with van der Waals surface area (Å²) in [5.74, 6) is -0.484. The number of carbonyl (C=O) groups is 2. The molecule has 1 amide bonds. The number of aliphatic hydroxyl groups is 1. The van der Waals surface area contributed by atoms with E-state index in [9.17, 15) is 14.7 Å². The van der Waals surface area contributed by atoms with Crippen LogP contribution in [-0.4, -0.2) is 59.6 Å². The van der Waals surface area contributed by atoms with Crippen molar-refractivity contribution in [1.82, 2.24) is 4.90 Å². The van der Waals surface area contributed by atoms with E-state index in [1.807, 2.05) is 48.5 Å². The lowest BCUT2D eigenvalue weighted by Gasteiger charge is -2.22. The second kappa shape index (κ2) is 11.1. The molecule has 2 atom stereocenters. The first-order chi connectivity index (χ1) is 17.0. The van der Waals surface area contributed by atoms with Crippen molar-refractivity contribution >= 4 is 34.7 Å². The summed E-state index contributed by atoms with van der Waals surface area (Å²) in [6.07, 6.45) is -0.824. The summed E-state index contributed by atoms with van der Waals surface area (Å²) < 4.78 is 12.7. The minimum absolute atomic E-state index is 0.0777. The molecule has 0 unspecified atom stereocenters. The zero-order chi connectivity index (χ0) is 24.9. The molecular formula is C27H26INO6. The van der Waals surface area contributed by atoms with Crippen LogP contribution in [0.25, 0.3) is 11.1 Å². The molecule has 182 valence electrons. The molecule has 1 saturated heterocycles. The molecule has 3 aromatic carbocycles. The highest BCUT2D eigenvalue weighted by molar-refractivity contribution is 14.1. The number of ether oxygens (including phenoxy) is 2. The third-order valence-corrected chi connectivity index (χ3v) is 6.95. The van der Waals surface area contributed by atoms with Gasteiger partial charge < -0.3 is 19.7 Å². The van der Waals surface area contributed by atoms with Crippen LogP contribution in [0.5, 0.6) is 5.75 Å². The van der Waals surface area contributed by atoms with E-state index in [-0.39, 0.29) is 25.5 Å². The molecule has 8 heteroatoms. The monoisotopic (exact) mass is 587 g/mol. The summed E-state index contributed by atoms with van der Waals surface area (Å²) >= 11 is 2.21. The molecule has 0 spiro atoms. The Balaban J connectivity index is 0.00000141. The van der Waals surface area contributed by atoms with Crippen molar-refractivity contribution in [2.24, 2.45) is 0 Å². The average molecular weight is 587 g/mol. The maximum Gasteiger partial charge on any atom is 0.410 e. The van der Waals surface area contributed by atoms with Crippen LogP contribution in [0.1, 0.15) is 23.5 Å². The number of carbonyl (C=O) groups excluding carboxylic acids is 1. The predicted molar refractivity (Wildman–Crippen MR) is 140 cm³/mol. The number of aliphatic hydroxyl groups excluding tert-OH is 1. The van der Waals surface area contributed by atoms with Gasteiger partial charge in [-0.2, -0.15) is 0 Å². The van der Waals surface area contributed by atoms with Crippen LogP contribution >= 0.6 is 22.6 Å². The molecule has 0 aromatic heterocycles. The van der Waals surface area contributed by atoms with Gasteiger partial charge in [-0.1, -0.05) is 48.5 Å². The Morgan fingerprint density at radius 2 is 1.51 bits per heavy atom. The lowest BCUT2D eigenvalue weighted by atomic mass is 9.98. The third-order valence-electron chi connectivity index (χ3n) is 6.23. The van der Waals surface area contributed by atoms with E-state index in [1.165, 1.54) is 4.90 Å². The molecular weight excluding hydrogens is 561 g/mol. The number of likely N-dealkylation sites (tertiary alicyclic amines) is 1. The molecule has 1 aliphatic heterocycles. The zero-order valence-electron chi connectivity index (χ0n) is 19.1. The third kappa shape index (κ3) is 5.28. The molecule has 2 aliphatic rings. The Bertz CT molecular complexity index is 1150. The first kappa shape index (κ1) is 25.0. The topological polar surface area (TPSA) is 96.3 Å². The minimum atomic E-state index is -1.06. The summed E-state index contributed by atoms with van der Waals surface area (Å²) in [6, 6.07) is 22.7. The normalized spacial score (nSPS) is 18.2. The maximum atomic E-state index is 13.0. The van der Waals surface area contributed by atoms with E-state index in [1.54, 1.807) is 0 Å². The zero-order valence-corrected chi connectivity index (χ0v) is 21.3. The molecule has 1 fully saturated rings. The van der Waals surface area contributed by atoms with Crippen molar-refractivity contribution < 1.29 is 29.3 Å². The Morgan fingerprint density at radius 1 is 0.943 bits per heavy atom. The highest BCUT2D eigenvalue weighted by atomic mass is 127. The number of hydrogen-bond acceptors (Lipinski definition) is 5. The summed E-state index contributed by atoms with van der Waals surface area (Å²) in [4.78, 5) is 26.1. The molecule has 2 N–H and O–H groups in total. The van der Waals surface area contributed by atoms with Gasteiger partial charge in [0, 0.05) is 23.0 Å². The van der Waals surface area contributed by atoms with Crippen LogP contribution in [-0.2, 0) is 9.53 Å². The van der Waals surface area contributed by atoms with Gasteiger partial charge >= 0.3 is 12.1 Å². The van der Waals surface area contributed by atoms with Crippen LogP contribution in [0.4, 0.5) is 4.79 Å². The Labute approximate surface area is 217 Å². The number of nitrogens with zero attached hydrogens (tertiary/aromatic N) is 1. The van der Waals surface area contributed by atoms with Crippen LogP contribution in [0.2, 0.25) is 0 Å². The summed E-state index contributed by atoms with van der Waals surface area (Å²) in [6.45, 7) is 0.317. The minimum Gasteiger partial charge on any atom is -0.488 e. The lowest BCUT2D eigenvalue weighted by molar-refractivity contribution is -0.141. The van der Waals surface area contributed by atoms with Gasteiger partial charge in [0.1, 0.15) is 24.5 Å². The maximum absolute atomic E-state index is 13.0. The van der Waals surface area contributed by atoms with Crippen molar-refractivity contribution in [2.75, 3.05) is 20.3 Å². The number of carboxylic acids is 1. The smallest absolute Gasteiger partial charge is 0.410 e. The number of aliphatic carboxylic acids is 1. The SMILES string of the molecule is CO.O=C(O)[C@@H]1C[C@H](Oc2ccc(I)cc2)CN1C(=O)OCC1c2ccccc2-c2ccccc21. The molecule has 35 heavy (non-hydrogen) atoms. The van der Waals surface area contributed by atoms with Crippen LogP contribution in [0, 0.1) is 3.57 Å². The predicted octanol–water partition coefficient (Wildman–Crippen LogP) is 4.76. The largest absolute Gasteiger partial charge is 0.488 e. The van der Waals surface area contributed by atoms with Gasteiger partial charge in [-0.3, -0.25) is 4.90 Å². The standard InChI is InChI=1S/C26H22INO5.CH4O/c27-16-9-11-17(12-10-16)33-18-13-24(25(29)30)28(14-18)26(31)32-15-23-21-7-3-1-5-19(21)20-6-2-4-8-22(20)23;1-2/h1-12,18,23-24H,13-15H2,(H,29,30);2H,1H3/t18-,24-;/m0./s1. The molecule has 1 heterocycles. The van der Waals surface area contributed by atoms with Crippen LogP contribution < -0.4 is 4.74 Å². The van der Waals surface area contributed by atoms with Crippen molar-refractivity contribution in [1.29, 1.82) is 0 Å². The molecule has 3 aromatic rings. The van der Waals surface area contributed by atoms with Crippen molar-refractivity contribution in [3.8, 4) is 16.9 Å². The van der Waals surface area contributed by atoms with Crippen molar-refractivity contribution in [2.45, 2.75) is 24.5 Å². The van der Waals surface area contributed by atoms with Crippen molar-refractivity contribution in [3.05, 3.63) is 87.5 Å². The lowest BCUT2D eigenvalue weighted by Crippen LogP contribution is -2.41. The first-order valence-corrected chi connectivity index (χ1v) is 12.3. The molecule has 0 radical (unpaired) electrons. The van der Waals surface area contributed by atoms with Crippen molar-refractivity contribution in [3.63, 3.8) is 0 Å². The molecule has 7 nitrogen and oxygen atoms in total. The first-order valence-electron chi connectivity index (χ1n) is 11.2. The number of carboxylic acid groups (broad SMARTS) is 1. The Hall–Kier alpha value is -3.11. The van der Waals surface area contributed by atoms with Gasteiger partial charge in [-0.05, 0) is 69.1 Å². The van der Waals surface area contributed by atoms with Gasteiger partial charge in [-0.25, -0.2) is 9.59 Å². The quantitative estimate of drug-likeness (QED) is 0.419. The number of fused-ring (bicyclic) bond motifs is 3. The second-order valence-electron chi connectivity index (χ2n) is 8.24. The van der Waals surface area contributed by atoms with E-state index in [0.717, 1.165) is 32.9 Å². The Kier molecular flexibility index (Phi) is 7.92. The summed E-state index contributed by atoms with van der Waals surface area (Å²) in [5, 5.41) is 16.7. The average Bonchev–Trinajstić information content (AvgIpc) is 3.45. The van der Waals surface area contributed by atoms with Gasteiger partial charge in [-0.15, -0.1) is 0 Å². The molecule has 1 aliphatic carbocycles. The molecule has 5 rings (SSSR count). The van der Waals surface area contributed by atoms with Crippen LogP contribution in [0.3, 0.4) is 0 Å². The van der Waals surface area contributed by atoms with E-state index >= 15 is 0 Å².